The van der Waals surface area contributed by atoms with E-state index in [1.54, 1.807) is 0 Å². The zero-order valence-corrected chi connectivity index (χ0v) is 21.6. The monoisotopic (exact) mass is 472 g/mol. The van der Waals surface area contributed by atoms with E-state index >= 15 is 0 Å². The number of ether oxygens (including phenoxy) is 4. The van der Waals surface area contributed by atoms with Crippen molar-refractivity contribution in [1.82, 2.24) is 0 Å². The number of hydrogen-bond acceptors (Lipinski definition) is 5. The highest BCUT2D eigenvalue weighted by Gasteiger charge is 2.23. The minimum absolute atomic E-state index is 0.156. The fourth-order valence-electron chi connectivity index (χ4n) is 3.51. The molecule has 5 nitrogen and oxygen atoms in total. The molecule has 2 aromatic rings. The van der Waals surface area contributed by atoms with E-state index in [-0.39, 0.29) is 12.0 Å². The number of hydrogen-bond donors (Lipinski definition) is 1. The van der Waals surface area contributed by atoms with E-state index in [0.717, 1.165) is 56.8 Å². The van der Waals surface area contributed by atoms with Crippen LogP contribution in [-0.4, -0.2) is 50.9 Å². The summed E-state index contributed by atoms with van der Waals surface area (Å²) in [6.45, 7) is 12.2. The number of unbranched alkanes of at least 4 members (excludes halogenated alkanes) is 2. The van der Waals surface area contributed by atoms with Gasteiger partial charge in [0.25, 0.3) is 0 Å². The summed E-state index contributed by atoms with van der Waals surface area (Å²) in [5, 5.41) is 10.0. The molecule has 0 heterocycles. The van der Waals surface area contributed by atoms with Gasteiger partial charge >= 0.3 is 0 Å². The highest BCUT2D eigenvalue weighted by Crippen LogP contribution is 2.33. The van der Waals surface area contributed by atoms with Gasteiger partial charge in [0.05, 0.1) is 13.2 Å². The molecule has 0 radical (unpaired) electrons. The molecule has 0 aromatic heterocycles. The fourth-order valence-corrected chi connectivity index (χ4v) is 3.51. The molecule has 34 heavy (non-hydrogen) atoms. The van der Waals surface area contributed by atoms with E-state index in [0.29, 0.717) is 19.8 Å². The predicted molar refractivity (Wildman–Crippen MR) is 138 cm³/mol. The minimum Gasteiger partial charge on any atom is -0.494 e. The second kappa shape index (κ2) is 15.8. The van der Waals surface area contributed by atoms with Crippen molar-refractivity contribution < 1.29 is 24.1 Å². The summed E-state index contributed by atoms with van der Waals surface area (Å²) in [5.74, 6) is 1.63. The van der Waals surface area contributed by atoms with Crippen molar-refractivity contribution in [1.29, 1.82) is 0 Å². The van der Waals surface area contributed by atoms with Crippen LogP contribution in [-0.2, 0) is 14.9 Å². The van der Waals surface area contributed by atoms with Crippen LogP contribution in [0.15, 0.2) is 48.5 Å². The molecule has 0 saturated heterocycles. The number of rotatable bonds is 18. The lowest BCUT2D eigenvalue weighted by molar-refractivity contribution is 0.0113. The molecule has 0 aliphatic carbocycles. The van der Waals surface area contributed by atoms with Gasteiger partial charge < -0.3 is 24.1 Å². The summed E-state index contributed by atoms with van der Waals surface area (Å²) in [6.07, 6.45) is 4.65. The Hall–Kier alpha value is -2.08. The second-order valence-corrected chi connectivity index (χ2v) is 9.23. The molecule has 1 N–H and O–H groups in total. The molecule has 1 unspecified atom stereocenters. The van der Waals surface area contributed by atoms with Gasteiger partial charge in [-0.2, -0.15) is 0 Å². The van der Waals surface area contributed by atoms with Crippen LogP contribution >= 0.6 is 0 Å². The van der Waals surface area contributed by atoms with Gasteiger partial charge in [0.1, 0.15) is 24.2 Å². The Balaban J connectivity index is 1.80. The molecule has 2 aromatic carbocycles. The number of benzene rings is 2. The summed E-state index contributed by atoms with van der Waals surface area (Å²) >= 11 is 0. The number of aliphatic hydroxyl groups is 1. The van der Waals surface area contributed by atoms with Gasteiger partial charge in [0.2, 0.25) is 0 Å². The molecular weight excluding hydrogens is 428 g/mol. The Morgan fingerprint density at radius 1 is 0.647 bits per heavy atom. The van der Waals surface area contributed by atoms with Crippen molar-refractivity contribution >= 4 is 0 Å². The predicted octanol–water partition coefficient (Wildman–Crippen LogP) is 6.15. The molecule has 0 bridgehead atoms. The molecule has 5 heteroatoms. The highest BCUT2D eigenvalue weighted by molar-refractivity contribution is 5.41. The molecule has 0 aliphatic rings. The van der Waals surface area contributed by atoms with Gasteiger partial charge in [-0.05, 0) is 48.2 Å². The zero-order chi connectivity index (χ0) is 24.7. The topological polar surface area (TPSA) is 57.2 Å². The molecule has 0 fully saturated rings. The second-order valence-electron chi connectivity index (χ2n) is 9.23. The largest absolute Gasteiger partial charge is 0.494 e. The fraction of sp³-hybridized carbons (Fsp3) is 0.586. The van der Waals surface area contributed by atoms with Crippen molar-refractivity contribution in [2.24, 2.45) is 0 Å². The maximum atomic E-state index is 10.0. The summed E-state index contributed by atoms with van der Waals surface area (Å²) < 4.78 is 22.6. The molecule has 0 aliphatic heterocycles. The summed E-state index contributed by atoms with van der Waals surface area (Å²) in [4.78, 5) is 0. The van der Waals surface area contributed by atoms with Crippen LogP contribution in [0.2, 0.25) is 0 Å². The first-order chi connectivity index (χ1) is 16.5. The zero-order valence-electron chi connectivity index (χ0n) is 21.6. The summed E-state index contributed by atoms with van der Waals surface area (Å²) in [7, 11) is 0. The third-order valence-corrected chi connectivity index (χ3v) is 5.89. The van der Waals surface area contributed by atoms with Crippen molar-refractivity contribution in [2.45, 2.75) is 71.3 Å². The van der Waals surface area contributed by atoms with Gasteiger partial charge in [0, 0.05) is 31.7 Å². The normalized spacial score (nSPS) is 12.5. The van der Waals surface area contributed by atoms with Crippen LogP contribution in [0, 0.1) is 0 Å². The van der Waals surface area contributed by atoms with Gasteiger partial charge in [0.15, 0.2) is 0 Å². The van der Waals surface area contributed by atoms with Gasteiger partial charge in [-0.25, -0.2) is 0 Å². The van der Waals surface area contributed by atoms with Crippen molar-refractivity contribution in [3.63, 3.8) is 0 Å². The lowest BCUT2D eigenvalue weighted by Crippen LogP contribution is -2.23. The maximum absolute atomic E-state index is 10.0. The highest BCUT2D eigenvalue weighted by atomic mass is 16.5. The van der Waals surface area contributed by atoms with Crippen LogP contribution in [0.4, 0.5) is 0 Å². The quantitative estimate of drug-likeness (QED) is 0.264. The van der Waals surface area contributed by atoms with E-state index in [9.17, 15) is 5.11 Å². The van der Waals surface area contributed by atoms with Crippen LogP contribution in [0.25, 0.3) is 0 Å². The first kappa shape index (κ1) is 28.2. The van der Waals surface area contributed by atoms with Crippen LogP contribution < -0.4 is 9.47 Å². The summed E-state index contributed by atoms with van der Waals surface area (Å²) in [5.41, 5.74) is 2.26. The molecule has 190 valence electrons. The Morgan fingerprint density at radius 2 is 1.15 bits per heavy atom. The number of aliphatic hydroxyl groups excluding tert-OH is 1. The smallest absolute Gasteiger partial charge is 0.119 e. The Labute approximate surface area is 206 Å². The Bertz CT molecular complexity index is 770. The van der Waals surface area contributed by atoms with Crippen LogP contribution in [0.3, 0.4) is 0 Å². The first-order valence-electron chi connectivity index (χ1n) is 12.8. The van der Waals surface area contributed by atoms with Crippen LogP contribution in [0.5, 0.6) is 11.5 Å². The molecule has 0 amide bonds. The third-order valence-electron chi connectivity index (χ3n) is 5.89. The van der Waals surface area contributed by atoms with Gasteiger partial charge in [-0.15, -0.1) is 0 Å². The molecular formula is C29H44O5. The van der Waals surface area contributed by atoms with E-state index in [1.807, 2.05) is 24.3 Å². The van der Waals surface area contributed by atoms with E-state index in [2.05, 4.69) is 52.0 Å². The van der Waals surface area contributed by atoms with Crippen molar-refractivity contribution in [3.8, 4) is 11.5 Å². The first-order valence-corrected chi connectivity index (χ1v) is 12.8. The Morgan fingerprint density at radius 3 is 1.71 bits per heavy atom. The average Bonchev–Trinajstić information content (AvgIpc) is 2.85. The van der Waals surface area contributed by atoms with Crippen LogP contribution in [0.1, 0.15) is 70.9 Å². The molecule has 0 spiro atoms. The minimum atomic E-state index is -0.623. The van der Waals surface area contributed by atoms with Gasteiger partial charge in [-0.1, -0.05) is 64.8 Å². The lowest BCUT2D eigenvalue weighted by Gasteiger charge is -2.26. The average molecular weight is 473 g/mol. The lowest BCUT2D eigenvalue weighted by atomic mass is 9.78. The van der Waals surface area contributed by atoms with Gasteiger partial charge in [-0.3, -0.25) is 0 Å². The van der Waals surface area contributed by atoms with Crippen molar-refractivity contribution in [2.75, 3.05) is 39.6 Å². The standard InChI is InChI=1S/C29H44O5/c1-5-7-18-31-20-9-21-33-27-14-10-24(11-15-27)29(3,4)25-12-16-28(17-13-25)34-23-26(30)22-32-19-8-6-2/h10-17,26,30H,5-9,18-23H2,1-4H3. The van der Waals surface area contributed by atoms with Crippen molar-refractivity contribution in [3.05, 3.63) is 59.7 Å². The van der Waals surface area contributed by atoms with E-state index in [4.69, 9.17) is 18.9 Å². The van der Waals surface area contributed by atoms with E-state index < -0.39 is 6.10 Å². The molecule has 0 saturated carbocycles. The maximum Gasteiger partial charge on any atom is 0.119 e. The SMILES string of the molecule is CCCCOCCCOc1ccc(C(C)(C)c2ccc(OCC(O)COCCCC)cc2)cc1. The summed E-state index contributed by atoms with van der Waals surface area (Å²) in [6, 6.07) is 16.4. The third kappa shape index (κ3) is 10.0. The Kier molecular flexibility index (Phi) is 13.0. The van der Waals surface area contributed by atoms with E-state index in [1.165, 1.54) is 11.1 Å². The molecule has 2 rings (SSSR count). The molecule has 1 atom stereocenters.